The first-order valence-electron chi connectivity index (χ1n) is 4.79. The first kappa shape index (κ1) is 11.7. The Balaban J connectivity index is 2.36. The zero-order valence-electron chi connectivity index (χ0n) is 8.67. The lowest BCUT2D eigenvalue weighted by atomic mass is 10.2. The molecule has 0 bridgehead atoms. The van der Waals surface area contributed by atoms with Crippen LogP contribution >= 0.6 is 11.6 Å². The molecule has 1 aliphatic rings. The predicted octanol–water partition coefficient (Wildman–Crippen LogP) is 0.524. The number of carbonyl (C=O) groups excluding carboxylic acids is 2. The third kappa shape index (κ3) is 2.31. The molecule has 1 aromatic carbocycles. The zero-order chi connectivity index (χ0) is 12.6. The van der Waals surface area contributed by atoms with Gasteiger partial charge in [0.2, 0.25) is 11.8 Å². The summed E-state index contributed by atoms with van der Waals surface area (Å²) >= 11 is 5.64. The molecule has 2 amide bonds. The van der Waals surface area contributed by atoms with Gasteiger partial charge in [-0.15, -0.1) is 0 Å². The minimum Gasteiger partial charge on any atom is -0.397 e. The van der Waals surface area contributed by atoms with Gasteiger partial charge in [0.25, 0.3) is 0 Å². The number of anilines is 2. The van der Waals surface area contributed by atoms with Crippen LogP contribution in [0.15, 0.2) is 12.1 Å². The summed E-state index contributed by atoms with van der Waals surface area (Å²) in [5, 5.41) is 2.05. The summed E-state index contributed by atoms with van der Waals surface area (Å²) in [7, 11) is 0. The van der Waals surface area contributed by atoms with E-state index >= 15 is 0 Å². The number of nitrogens with zero attached hydrogens (tertiary/aromatic N) is 1. The summed E-state index contributed by atoms with van der Waals surface area (Å²) in [5.41, 5.74) is 6.14. The largest absolute Gasteiger partial charge is 0.397 e. The van der Waals surface area contributed by atoms with E-state index < -0.39 is 17.6 Å². The molecule has 1 aliphatic heterocycles. The Labute approximate surface area is 101 Å². The molecule has 1 heterocycles. The van der Waals surface area contributed by atoms with Crippen LogP contribution in [0.3, 0.4) is 0 Å². The lowest BCUT2D eigenvalue weighted by Gasteiger charge is -2.28. The fourth-order valence-corrected chi connectivity index (χ4v) is 1.79. The summed E-state index contributed by atoms with van der Waals surface area (Å²) in [4.78, 5) is 23.8. The molecule has 5 nitrogen and oxygen atoms in total. The number of amides is 2. The number of carbonyl (C=O) groups is 2. The van der Waals surface area contributed by atoms with Crippen molar-refractivity contribution in [2.24, 2.45) is 0 Å². The molecular weight excluding hydrogens is 249 g/mol. The van der Waals surface area contributed by atoms with Gasteiger partial charge in [0, 0.05) is 6.07 Å². The molecule has 7 heteroatoms. The molecule has 90 valence electrons. The van der Waals surface area contributed by atoms with Crippen LogP contribution in [0.4, 0.5) is 15.8 Å². The van der Waals surface area contributed by atoms with Gasteiger partial charge in [-0.05, 0) is 6.07 Å². The maximum Gasteiger partial charge on any atom is 0.246 e. The van der Waals surface area contributed by atoms with Crippen molar-refractivity contribution < 1.29 is 14.0 Å². The van der Waals surface area contributed by atoms with Gasteiger partial charge in [-0.2, -0.15) is 0 Å². The number of nitrogens with one attached hydrogen (secondary N) is 1. The van der Waals surface area contributed by atoms with Crippen molar-refractivity contribution in [3.63, 3.8) is 0 Å². The standard InChI is InChI=1S/C10H9ClFN3O2/c11-5-1-8(7(13)2-6(5)12)15-3-9(16)14-10(17)4-15/h1-2H,3-4,13H2,(H,14,16,17). The fourth-order valence-electron chi connectivity index (χ4n) is 1.63. The summed E-state index contributed by atoms with van der Waals surface area (Å²) in [5.74, 6) is -1.50. The van der Waals surface area contributed by atoms with Crippen LogP contribution in [0.25, 0.3) is 0 Å². The second kappa shape index (κ2) is 4.21. The maximum atomic E-state index is 13.1. The summed E-state index contributed by atoms with van der Waals surface area (Å²) < 4.78 is 13.1. The number of hydrogen-bond acceptors (Lipinski definition) is 4. The maximum absolute atomic E-state index is 13.1. The summed E-state index contributed by atoms with van der Waals surface area (Å²) in [6.45, 7) is -0.0319. The molecule has 1 aromatic rings. The molecule has 0 unspecified atom stereocenters. The van der Waals surface area contributed by atoms with Gasteiger partial charge >= 0.3 is 0 Å². The van der Waals surface area contributed by atoms with Gasteiger partial charge in [-0.25, -0.2) is 4.39 Å². The van der Waals surface area contributed by atoms with Crippen molar-refractivity contribution in [3.8, 4) is 0 Å². The number of piperazine rings is 1. The molecule has 0 atom stereocenters. The summed E-state index contributed by atoms with van der Waals surface area (Å²) in [6.07, 6.45) is 0. The van der Waals surface area contributed by atoms with Crippen LogP contribution in [-0.2, 0) is 9.59 Å². The average Bonchev–Trinajstić information content (AvgIpc) is 2.22. The van der Waals surface area contributed by atoms with E-state index in [0.29, 0.717) is 5.69 Å². The van der Waals surface area contributed by atoms with Crippen LogP contribution in [0, 0.1) is 5.82 Å². The van der Waals surface area contributed by atoms with Crippen LogP contribution < -0.4 is 16.0 Å². The van der Waals surface area contributed by atoms with Gasteiger partial charge < -0.3 is 10.6 Å². The number of imide groups is 1. The number of halogens is 2. The molecule has 0 spiro atoms. The van der Waals surface area contributed by atoms with E-state index in [9.17, 15) is 14.0 Å². The van der Waals surface area contributed by atoms with Crippen LogP contribution in [0.5, 0.6) is 0 Å². The third-order valence-corrected chi connectivity index (χ3v) is 2.65. The van der Waals surface area contributed by atoms with E-state index in [4.69, 9.17) is 17.3 Å². The lowest BCUT2D eigenvalue weighted by Crippen LogP contribution is -2.51. The second-order valence-electron chi connectivity index (χ2n) is 3.65. The zero-order valence-corrected chi connectivity index (χ0v) is 9.42. The Morgan fingerprint density at radius 3 is 2.47 bits per heavy atom. The molecule has 2 rings (SSSR count). The number of hydrogen-bond donors (Lipinski definition) is 2. The highest BCUT2D eigenvalue weighted by atomic mass is 35.5. The third-order valence-electron chi connectivity index (χ3n) is 2.36. The fraction of sp³-hybridized carbons (Fsp3) is 0.200. The molecular formula is C10H9ClFN3O2. The normalized spacial score (nSPS) is 16.0. The van der Waals surface area contributed by atoms with Crippen molar-refractivity contribution in [3.05, 3.63) is 23.0 Å². The number of benzene rings is 1. The Bertz CT molecular complexity index is 491. The molecule has 0 aliphatic carbocycles. The monoisotopic (exact) mass is 257 g/mol. The van der Waals surface area contributed by atoms with Gasteiger partial charge in [0.05, 0.1) is 29.5 Å². The van der Waals surface area contributed by atoms with Gasteiger partial charge in [0.1, 0.15) is 5.82 Å². The topological polar surface area (TPSA) is 75.4 Å². The Morgan fingerprint density at radius 1 is 1.29 bits per heavy atom. The number of nitrogens with two attached hydrogens (primary N) is 1. The average molecular weight is 258 g/mol. The molecule has 0 saturated carbocycles. The Kier molecular flexibility index (Phi) is 2.89. The van der Waals surface area contributed by atoms with E-state index in [2.05, 4.69) is 5.32 Å². The second-order valence-corrected chi connectivity index (χ2v) is 4.06. The molecule has 0 aromatic heterocycles. The smallest absolute Gasteiger partial charge is 0.246 e. The molecule has 0 radical (unpaired) electrons. The quantitative estimate of drug-likeness (QED) is 0.568. The van der Waals surface area contributed by atoms with E-state index in [0.717, 1.165) is 6.07 Å². The van der Waals surface area contributed by atoms with E-state index in [-0.39, 0.29) is 23.8 Å². The van der Waals surface area contributed by atoms with Crippen molar-refractivity contribution in [1.29, 1.82) is 0 Å². The Morgan fingerprint density at radius 2 is 1.88 bits per heavy atom. The molecule has 1 fully saturated rings. The highest BCUT2D eigenvalue weighted by Gasteiger charge is 2.24. The minimum atomic E-state index is -0.638. The lowest BCUT2D eigenvalue weighted by molar-refractivity contribution is -0.130. The SMILES string of the molecule is Nc1cc(F)c(Cl)cc1N1CC(=O)NC(=O)C1. The Hall–Kier alpha value is -1.82. The first-order chi connectivity index (χ1) is 7.97. The van der Waals surface area contributed by atoms with Crippen molar-refractivity contribution in [1.82, 2.24) is 5.32 Å². The van der Waals surface area contributed by atoms with Crippen LogP contribution in [0.1, 0.15) is 0 Å². The number of nitrogen functional groups attached to an aromatic ring is 1. The highest BCUT2D eigenvalue weighted by molar-refractivity contribution is 6.31. The van der Waals surface area contributed by atoms with Crippen molar-refractivity contribution in [2.75, 3.05) is 23.7 Å². The molecule has 3 N–H and O–H groups in total. The van der Waals surface area contributed by atoms with Crippen LogP contribution in [-0.4, -0.2) is 24.9 Å². The van der Waals surface area contributed by atoms with Crippen LogP contribution in [0.2, 0.25) is 5.02 Å². The molecule has 1 saturated heterocycles. The predicted molar refractivity (Wildman–Crippen MR) is 61.2 cm³/mol. The van der Waals surface area contributed by atoms with E-state index in [1.807, 2.05) is 0 Å². The number of rotatable bonds is 1. The highest BCUT2D eigenvalue weighted by Crippen LogP contribution is 2.29. The van der Waals surface area contributed by atoms with E-state index in [1.165, 1.54) is 11.0 Å². The minimum absolute atomic E-state index is 0.0160. The van der Waals surface area contributed by atoms with E-state index in [1.54, 1.807) is 0 Å². The molecule has 17 heavy (non-hydrogen) atoms. The summed E-state index contributed by atoms with van der Waals surface area (Å²) in [6, 6.07) is 2.37. The van der Waals surface area contributed by atoms with Crippen molar-refractivity contribution in [2.45, 2.75) is 0 Å². The van der Waals surface area contributed by atoms with Gasteiger partial charge in [0.15, 0.2) is 0 Å². The first-order valence-corrected chi connectivity index (χ1v) is 5.17. The van der Waals surface area contributed by atoms with Gasteiger partial charge in [-0.3, -0.25) is 14.9 Å². The van der Waals surface area contributed by atoms with Gasteiger partial charge in [-0.1, -0.05) is 11.6 Å². The van der Waals surface area contributed by atoms with Crippen molar-refractivity contribution >= 4 is 34.8 Å².